The molecular formula is C9H18ClNO2. The molecule has 0 aromatic heterocycles. The average molecular weight is 208 g/mol. The van der Waals surface area contributed by atoms with Gasteiger partial charge in [0.05, 0.1) is 10.9 Å². The second kappa shape index (κ2) is 4.18. The van der Waals surface area contributed by atoms with Crippen molar-refractivity contribution in [3.63, 3.8) is 0 Å². The van der Waals surface area contributed by atoms with Crippen molar-refractivity contribution in [3.05, 3.63) is 0 Å². The van der Waals surface area contributed by atoms with Gasteiger partial charge in [-0.3, -0.25) is 4.90 Å². The Kier molecular flexibility index (Phi) is 4.04. The standard InChI is InChI=1S/C9H18ClNO2/c1-6(2)11(8(12)13)9(4,5)7(3)10/h6-7H,1-5H3,(H,12,13). The highest BCUT2D eigenvalue weighted by molar-refractivity contribution is 6.21. The Hall–Kier alpha value is -0.440. The van der Waals surface area contributed by atoms with Crippen molar-refractivity contribution < 1.29 is 9.90 Å². The first-order valence-electron chi connectivity index (χ1n) is 4.37. The summed E-state index contributed by atoms with van der Waals surface area (Å²) in [6.07, 6.45) is -0.924. The lowest BCUT2D eigenvalue weighted by atomic mass is 9.97. The summed E-state index contributed by atoms with van der Waals surface area (Å²) in [4.78, 5) is 12.3. The summed E-state index contributed by atoms with van der Waals surface area (Å²) in [7, 11) is 0. The molecule has 0 fully saturated rings. The van der Waals surface area contributed by atoms with E-state index >= 15 is 0 Å². The molecule has 0 aliphatic heterocycles. The van der Waals surface area contributed by atoms with Gasteiger partial charge in [-0.1, -0.05) is 0 Å². The van der Waals surface area contributed by atoms with Gasteiger partial charge >= 0.3 is 6.09 Å². The molecule has 1 unspecified atom stereocenters. The lowest BCUT2D eigenvalue weighted by Gasteiger charge is -2.41. The molecule has 0 bridgehead atoms. The van der Waals surface area contributed by atoms with Crippen LogP contribution in [0.25, 0.3) is 0 Å². The van der Waals surface area contributed by atoms with E-state index in [1.165, 1.54) is 4.90 Å². The van der Waals surface area contributed by atoms with E-state index in [9.17, 15) is 4.79 Å². The first-order chi connectivity index (χ1) is 5.71. The van der Waals surface area contributed by atoms with E-state index in [2.05, 4.69) is 0 Å². The Labute approximate surface area is 84.7 Å². The molecule has 0 spiro atoms. The zero-order valence-corrected chi connectivity index (χ0v) is 9.59. The molecule has 78 valence electrons. The van der Waals surface area contributed by atoms with E-state index in [0.29, 0.717) is 0 Å². The van der Waals surface area contributed by atoms with Crippen molar-refractivity contribution in [3.8, 4) is 0 Å². The minimum Gasteiger partial charge on any atom is -0.465 e. The minimum atomic E-state index is -0.924. The predicted octanol–water partition coefficient (Wildman–Crippen LogP) is 2.78. The Morgan fingerprint density at radius 2 is 1.77 bits per heavy atom. The normalized spacial score (nSPS) is 14.4. The second-order valence-electron chi connectivity index (χ2n) is 4.02. The summed E-state index contributed by atoms with van der Waals surface area (Å²) < 4.78 is 0. The summed E-state index contributed by atoms with van der Waals surface area (Å²) in [5.74, 6) is 0. The summed E-state index contributed by atoms with van der Waals surface area (Å²) in [5.41, 5.74) is -0.540. The van der Waals surface area contributed by atoms with Crippen LogP contribution in [0.1, 0.15) is 34.6 Å². The van der Waals surface area contributed by atoms with Crippen molar-refractivity contribution in [2.75, 3.05) is 0 Å². The SMILES string of the molecule is CC(C)N(C(=O)O)C(C)(C)C(C)Cl. The van der Waals surface area contributed by atoms with Crippen LogP contribution < -0.4 is 0 Å². The molecular weight excluding hydrogens is 190 g/mol. The van der Waals surface area contributed by atoms with Crippen molar-refractivity contribution in [2.45, 2.75) is 51.6 Å². The molecule has 0 saturated heterocycles. The maximum absolute atomic E-state index is 11.0. The van der Waals surface area contributed by atoms with Crippen LogP contribution in [0, 0.1) is 0 Å². The molecule has 0 saturated carbocycles. The number of carbonyl (C=O) groups is 1. The number of rotatable bonds is 3. The fraction of sp³-hybridized carbons (Fsp3) is 0.889. The number of hydrogen-bond acceptors (Lipinski definition) is 1. The largest absolute Gasteiger partial charge is 0.465 e. The lowest BCUT2D eigenvalue weighted by molar-refractivity contribution is 0.0717. The number of carboxylic acid groups (broad SMARTS) is 1. The van der Waals surface area contributed by atoms with E-state index < -0.39 is 11.6 Å². The van der Waals surface area contributed by atoms with Crippen LogP contribution in [0.5, 0.6) is 0 Å². The molecule has 0 aliphatic rings. The summed E-state index contributed by atoms with van der Waals surface area (Å²) in [5, 5.41) is 8.78. The van der Waals surface area contributed by atoms with Gasteiger partial charge in [-0.15, -0.1) is 11.6 Å². The minimum absolute atomic E-state index is 0.0614. The van der Waals surface area contributed by atoms with E-state index in [4.69, 9.17) is 16.7 Å². The van der Waals surface area contributed by atoms with Crippen LogP contribution in [0.2, 0.25) is 0 Å². The second-order valence-corrected chi connectivity index (χ2v) is 4.67. The Bertz CT molecular complexity index is 190. The van der Waals surface area contributed by atoms with Gasteiger partial charge in [-0.05, 0) is 34.6 Å². The molecule has 1 atom stereocenters. The third-order valence-electron chi connectivity index (χ3n) is 2.32. The Morgan fingerprint density at radius 1 is 1.38 bits per heavy atom. The molecule has 0 heterocycles. The zero-order chi connectivity index (χ0) is 10.8. The maximum Gasteiger partial charge on any atom is 0.408 e. The first kappa shape index (κ1) is 12.6. The third-order valence-corrected chi connectivity index (χ3v) is 2.85. The van der Waals surface area contributed by atoms with Gasteiger partial charge in [-0.25, -0.2) is 4.79 Å². The summed E-state index contributed by atoms with van der Waals surface area (Å²) in [6.45, 7) is 9.15. The average Bonchev–Trinajstić information content (AvgIpc) is 1.82. The number of halogens is 1. The molecule has 0 rings (SSSR count). The Balaban J connectivity index is 4.83. The number of alkyl halides is 1. The van der Waals surface area contributed by atoms with Crippen LogP contribution in [0.15, 0.2) is 0 Å². The molecule has 1 N–H and O–H groups in total. The number of hydrogen-bond donors (Lipinski definition) is 1. The van der Waals surface area contributed by atoms with Gasteiger partial charge < -0.3 is 5.11 Å². The maximum atomic E-state index is 11.0. The molecule has 0 aliphatic carbocycles. The van der Waals surface area contributed by atoms with E-state index in [-0.39, 0.29) is 11.4 Å². The van der Waals surface area contributed by atoms with Gasteiger partial charge in [0, 0.05) is 6.04 Å². The van der Waals surface area contributed by atoms with Gasteiger partial charge in [0.2, 0.25) is 0 Å². The van der Waals surface area contributed by atoms with Crippen molar-refractivity contribution >= 4 is 17.7 Å². The van der Waals surface area contributed by atoms with Crippen molar-refractivity contribution in [1.29, 1.82) is 0 Å². The summed E-state index contributed by atoms with van der Waals surface area (Å²) in [6, 6.07) is -0.0614. The molecule has 0 aromatic rings. The van der Waals surface area contributed by atoms with Gasteiger partial charge in [0.1, 0.15) is 0 Å². The smallest absolute Gasteiger partial charge is 0.408 e. The van der Waals surface area contributed by atoms with Gasteiger partial charge in [0.15, 0.2) is 0 Å². The van der Waals surface area contributed by atoms with Crippen molar-refractivity contribution in [2.24, 2.45) is 0 Å². The highest BCUT2D eigenvalue weighted by Gasteiger charge is 2.36. The van der Waals surface area contributed by atoms with Crippen LogP contribution in [0.3, 0.4) is 0 Å². The zero-order valence-electron chi connectivity index (χ0n) is 8.84. The van der Waals surface area contributed by atoms with Gasteiger partial charge in [0.25, 0.3) is 0 Å². The monoisotopic (exact) mass is 207 g/mol. The molecule has 3 nitrogen and oxygen atoms in total. The predicted molar refractivity (Wildman–Crippen MR) is 54.4 cm³/mol. The first-order valence-corrected chi connectivity index (χ1v) is 4.81. The van der Waals surface area contributed by atoms with Crippen LogP contribution in [0.4, 0.5) is 4.79 Å². The molecule has 1 amide bonds. The van der Waals surface area contributed by atoms with Crippen LogP contribution >= 0.6 is 11.6 Å². The number of amides is 1. The highest BCUT2D eigenvalue weighted by atomic mass is 35.5. The van der Waals surface area contributed by atoms with Crippen LogP contribution in [-0.2, 0) is 0 Å². The van der Waals surface area contributed by atoms with Crippen molar-refractivity contribution in [1.82, 2.24) is 4.90 Å². The van der Waals surface area contributed by atoms with E-state index in [1.54, 1.807) is 6.92 Å². The molecule has 4 heteroatoms. The van der Waals surface area contributed by atoms with E-state index in [0.717, 1.165) is 0 Å². The third kappa shape index (κ3) is 2.76. The molecule has 13 heavy (non-hydrogen) atoms. The fourth-order valence-corrected chi connectivity index (χ4v) is 1.43. The van der Waals surface area contributed by atoms with Crippen LogP contribution in [-0.4, -0.2) is 33.1 Å². The lowest BCUT2D eigenvalue weighted by Crippen LogP contribution is -2.55. The Morgan fingerprint density at radius 3 is 1.85 bits per heavy atom. The molecule has 0 radical (unpaired) electrons. The quantitative estimate of drug-likeness (QED) is 0.723. The highest BCUT2D eigenvalue weighted by Crippen LogP contribution is 2.25. The van der Waals surface area contributed by atoms with Gasteiger partial charge in [-0.2, -0.15) is 0 Å². The number of nitrogens with zero attached hydrogens (tertiary/aromatic N) is 1. The molecule has 0 aromatic carbocycles. The fourth-order valence-electron chi connectivity index (χ4n) is 1.32. The van der Waals surface area contributed by atoms with E-state index in [1.807, 2.05) is 27.7 Å². The summed E-state index contributed by atoms with van der Waals surface area (Å²) >= 11 is 5.95. The topological polar surface area (TPSA) is 40.5 Å².